The molecule has 0 spiro atoms. The summed E-state index contributed by atoms with van der Waals surface area (Å²) in [6.07, 6.45) is 2.78. The Hall–Kier alpha value is -3.35. The lowest BCUT2D eigenvalue weighted by atomic mass is 10.1. The summed E-state index contributed by atoms with van der Waals surface area (Å²) in [4.78, 5) is 22.7. The minimum absolute atomic E-state index is 0.131. The number of hydrogen-bond donors (Lipinski definition) is 1. The molecule has 1 amide bonds. The van der Waals surface area contributed by atoms with E-state index in [0.29, 0.717) is 6.54 Å². The Balaban J connectivity index is 1.57. The average Bonchev–Trinajstić information content (AvgIpc) is 3.07. The Morgan fingerprint density at radius 1 is 1.23 bits per heavy atom. The normalized spacial score (nSPS) is 10.7. The fourth-order valence-electron chi connectivity index (χ4n) is 2.86. The fraction of sp³-hybridized carbons (Fsp3) is 0.211. The topological polar surface area (TPSA) is 86.4 Å². The minimum Gasteiger partial charge on any atom is -0.490 e. The number of amides is 1. The van der Waals surface area contributed by atoms with E-state index in [4.69, 9.17) is 4.74 Å². The van der Waals surface area contributed by atoms with Crippen LogP contribution < -0.4 is 10.1 Å². The predicted molar refractivity (Wildman–Crippen MR) is 98.5 cm³/mol. The van der Waals surface area contributed by atoms with Crippen LogP contribution in [0.2, 0.25) is 0 Å². The second kappa shape index (κ2) is 7.69. The van der Waals surface area contributed by atoms with E-state index in [1.165, 1.54) is 30.7 Å². The van der Waals surface area contributed by atoms with Gasteiger partial charge in [0.2, 0.25) is 0 Å². The molecule has 26 heavy (non-hydrogen) atoms. The molecule has 0 atom stereocenters. The highest BCUT2D eigenvalue weighted by molar-refractivity contribution is 5.95. The van der Waals surface area contributed by atoms with Crippen LogP contribution in [-0.4, -0.2) is 29.1 Å². The van der Waals surface area contributed by atoms with Crippen molar-refractivity contribution in [3.63, 3.8) is 0 Å². The summed E-state index contributed by atoms with van der Waals surface area (Å²) in [6.45, 7) is 1.25. The maximum absolute atomic E-state index is 12.2. The molecule has 0 fully saturated rings. The first kappa shape index (κ1) is 17.5. The number of nitrogens with zero attached hydrogens (tertiary/aromatic N) is 2. The summed E-state index contributed by atoms with van der Waals surface area (Å²) in [6, 6.07) is 14.4. The second-order valence-corrected chi connectivity index (χ2v) is 5.82. The van der Waals surface area contributed by atoms with Gasteiger partial charge in [-0.05, 0) is 36.1 Å². The summed E-state index contributed by atoms with van der Waals surface area (Å²) >= 11 is 0. The van der Waals surface area contributed by atoms with Gasteiger partial charge in [-0.15, -0.1) is 0 Å². The molecule has 0 aliphatic heterocycles. The molecule has 0 aliphatic carbocycles. The van der Waals surface area contributed by atoms with Crippen molar-refractivity contribution >= 4 is 22.5 Å². The van der Waals surface area contributed by atoms with Crippen molar-refractivity contribution in [1.29, 1.82) is 0 Å². The first-order valence-corrected chi connectivity index (χ1v) is 8.24. The molecule has 2 aromatic carbocycles. The number of aryl methyl sites for hydroxylation is 1. The van der Waals surface area contributed by atoms with Crippen molar-refractivity contribution in [3.05, 3.63) is 70.4 Å². The smallest absolute Gasteiger partial charge is 0.311 e. The highest BCUT2D eigenvalue weighted by Crippen LogP contribution is 2.27. The number of ether oxygens (including phenoxy) is 1. The van der Waals surface area contributed by atoms with Crippen LogP contribution in [-0.2, 0) is 6.54 Å². The Bertz CT molecular complexity index is 949. The number of hydrogen-bond acceptors (Lipinski definition) is 4. The lowest BCUT2D eigenvalue weighted by Gasteiger charge is -2.08. The molecule has 0 saturated carbocycles. The molecule has 7 nitrogen and oxygen atoms in total. The molecular weight excluding hydrogens is 334 g/mol. The minimum atomic E-state index is -0.563. The van der Waals surface area contributed by atoms with Gasteiger partial charge in [0.25, 0.3) is 5.91 Å². The number of aromatic nitrogens is 1. The third kappa shape index (κ3) is 3.66. The van der Waals surface area contributed by atoms with E-state index in [1.54, 1.807) is 0 Å². The Labute approximate surface area is 150 Å². The number of nitrogens with one attached hydrogen (secondary N) is 1. The molecule has 134 valence electrons. The molecular formula is C19H19N3O4. The zero-order valence-corrected chi connectivity index (χ0v) is 14.3. The first-order chi connectivity index (χ1) is 12.6. The van der Waals surface area contributed by atoms with Crippen molar-refractivity contribution in [2.45, 2.75) is 13.0 Å². The van der Waals surface area contributed by atoms with Gasteiger partial charge in [-0.25, -0.2) is 0 Å². The van der Waals surface area contributed by atoms with E-state index in [0.717, 1.165) is 18.5 Å². The van der Waals surface area contributed by atoms with Crippen LogP contribution in [0.15, 0.2) is 54.7 Å². The number of carbonyl (C=O) groups is 1. The molecule has 0 bridgehead atoms. The van der Waals surface area contributed by atoms with Crippen LogP contribution in [0.3, 0.4) is 0 Å². The van der Waals surface area contributed by atoms with Gasteiger partial charge in [-0.3, -0.25) is 14.9 Å². The number of nitro groups is 1. The molecule has 7 heteroatoms. The summed E-state index contributed by atoms with van der Waals surface area (Å²) in [5, 5.41) is 15.0. The predicted octanol–water partition coefficient (Wildman–Crippen LogP) is 3.38. The Kier molecular flexibility index (Phi) is 5.17. The van der Waals surface area contributed by atoms with E-state index >= 15 is 0 Å². The molecule has 1 aromatic heterocycles. The van der Waals surface area contributed by atoms with Crippen molar-refractivity contribution < 1.29 is 14.5 Å². The van der Waals surface area contributed by atoms with Gasteiger partial charge in [0.15, 0.2) is 5.75 Å². The van der Waals surface area contributed by atoms with Crippen LogP contribution in [0, 0.1) is 10.1 Å². The van der Waals surface area contributed by atoms with Crippen molar-refractivity contribution in [2.75, 3.05) is 13.7 Å². The number of fused-ring (bicyclic) bond motifs is 1. The zero-order valence-electron chi connectivity index (χ0n) is 14.3. The monoisotopic (exact) mass is 353 g/mol. The number of para-hydroxylation sites is 1. The number of rotatable bonds is 7. The summed E-state index contributed by atoms with van der Waals surface area (Å²) < 4.78 is 7.08. The van der Waals surface area contributed by atoms with Crippen molar-refractivity contribution in [1.82, 2.24) is 9.88 Å². The van der Waals surface area contributed by atoms with Gasteiger partial charge >= 0.3 is 5.69 Å². The van der Waals surface area contributed by atoms with Crippen molar-refractivity contribution in [2.24, 2.45) is 0 Å². The third-order valence-corrected chi connectivity index (χ3v) is 4.18. The van der Waals surface area contributed by atoms with Crippen LogP contribution in [0.4, 0.5) is 5.69 Å². The maximum Gasteiger partial charge on any atom is 0.311 e. The Morgan fingerprint density at radius 2 is 2.04 bits per heavy atom. The molecule has 0 radical (unpaired) electrons. The lowest BCUT2D eigenvalue weighted by molar-refractivity contribution is -0.385. The number of nitro benzene ring substituents is 1. The number of benzene rings is 2. The third-order valence-electron chi connectivity index (χ3n) is 4.18. The number of methoxy groups -OCH3 is 1. The fourth-order valence-corrected chi connectivity index (χ4v) is 2.86. The summed E-state index contributed by atoms with van der Waals surface area (Å²) in [5.41, 5.74) is 1.17. The maximum atomic E-state index is 12.2. The molecule has 1 heterocycles. The van der Waals surface area contributed by atoms with E-state index in [2.05, 4.69) is 28.1 Å². The zero-order chi connectivity index (χ0) is 18.5. The molecule has 0 aliphatic rings. The highest BCUT2D eigenvalue weighted by atomic mass is 16.6. The summed E-state index contributed by atoms with van der Waals surface area (Å²) in [7, 11) is 1.35. The molecule has 0 saturated heterocycles. The first-order valence-electron chi connectivity index (χ1n) is 8.24. The van der Waals surface area contributed by atoms with Gasteiger partial charge < -0.3 is 14.6 Å². The molecule has 0 unspecified atom stereocenters. The van der Waals surface area contributed by atoms with Crippen LogP contribution >= 0.6 is 0 Å². The van der Waals surface area contributed by atoms with E-state index < -0.39 is 4.92 Å². The Morgan fingerprint density at radius 3 is 2.81 bits per heavy atom. The van der Waals surface area contributed by atoms with Crippen LogP contribution in [0.1, 0.15) is 16.8 Å². The standard InChI is InChI=1S/C19H19N3O4/c1-26-18-8-7-15(13-17(18)22(24)25)19(23)20-10-4-11-21-12-9-14-5-2-3-6-16(14)21/h2-3,5-9,12-13H,4,10-11H2,1H3,(H,20,23). The molecule has 1 N–H and O–H groups in total. The summed E-state index contributed by atoms with van der Waals surface area (Å²) in [5.74, 6) is -0.209. The number of carbonyl (C=O) groups excluding carboxylic acids is 1. The molecule has 3 rings (SSSR count). The lowest BCUT2D eigenvalue weighted by Crippen LogP contribution is -2.25. The average molecular weight is 353 g/mol. The van der Waals surface area contributed by atoms with E-state index in [9.17, 15) is 14.9 Å². The van der Waals surface area contributed by atoms with Gasteiger partial charge in [0.1, 0.15) is 0 Å². The molecule has 3 aromatic rings. The van der Waals surface area contributed by atoms with Gasteiger partial charge in [-0.2, -0.15) is 0 Å². The van der Waals surface area contributed by atoms with Crippen LogP contribution in [0.5, 0.6) is 5.75 Å². The quantitative estimate of drug-likeness (QED) is 0.401. The van der Waals surface area contributed by atoms with Crippen LogP contribution in [0.25, 0.3) is 10.9 Å². The van der Waals surface area contributed by atoms with Gasteiger partial charge in [0.05, 0.1) is 12.0 Å². The second-order valence-electron chi connectivity index (χ2n) is 5.82. The van der Waals surface area contributed by atoms with Crippen molar-refractivity contribution in [3.8, 4) is 5.75 Å². The van der Waals surface area contributed by atoms with Gasteiger partial charge in [-0.1, -0.05) is 18.2 Å². The van der Waals surface area contributed by atoms with E-state index in [-0.39, 0.29) is 22.9 Å². The van der Waals surface area contributed by atoms with Gasteiger partial charge in [0, 0.05) is 36.4 Å². The highest BCUT2D eigenvalue weighted by Gasteiger charge is 2.17. The largest absolute Gasteiger partial charge is 0.490 e. The van der Waals surface area contributed by atoms with E-state index in [1.807, 2.05) is 18.3 Å². The SMILES string of the molecule is COc1ccc(C(=O)NCCCn2ccc3ccccc32)cc1[N+](=O)[O-].